The number of benzene rings is 4. The largest absolute Gasteiger partial charge is 0.347 e. The van der Waals surface area contributed by atoms with Crippen LogP contribution >= 0.6 is 0 Å². The van der Waals surface area contributed by atoms with E-state index in [0.717, 1.165) is 49.7 Å². The molecule has 0 spiro atoms. The molecular weight excluding hydrogens is 1010 g/mol. The van der Waals surface area contributed by atoms with Crippen molar-refractivity contribution in [1.29, 1.82) is 0 Å². The van der Waals surface area contributed by atoms with Gasteiger partial charge in [-0.05, 0) is 147 Å². The van der Waals surface area contributed by atoms with Gasteiger partial charge in [0.05, 0.1) is 24.2 Å². The Hall–Kier alpha value is -7.18. The number of likely N-dealkylation sites (tertiary alicyclic amines) is 2. The molecule has 0 saturated carbocycles. The minimum Gasteiger partial charge on any atom is -0.347 e. The summed E-state index contributed by atoms with van der Waals surface area (Å²) in [5.41, 5.74) is 3.68. The minimum atomic E-state index is -0.969. The van der Waals surface area contributed by atoms with Crippen LogP contribution < -0.4 is 42.5 Å². The second-order valence-corrected chi connectivity index (χ2v) is 24.5. The van der Waals surface area contributed by atoms with Crippen LogP contribution in [0.15, 0.2) is 84.9 Å². The third kappa shape index (κ3) is 13.3. The van der Waals surface area contributed by atoms with Gasteiger partial charge in [-0.1, -0.05) is 102 Å². The van der Waals surface area contributed by atoms with E-state index >= 15 is 0 Å². The fraction of sp³-hybridized carbons (Fsp3) is 0.516. The molecule has 18 nitrogen and oxygen atoms in total. The Morgan fingerprint density at radius 1 is 0.512 bits per heavy atom. The predicted molar refractivity (Wildman–Crippen MR) is 307 cm³/mol. The van der Waals surface area contributed by atoms with Crippen LogP contribution in [0.25, 0.3) is 10.8 Å². The number of nitrogens with zero attached hydrogens (tertiary/aromatic N) is 2. The molecule has 80 heavy (non-hydrogen) atoms. The molecule has 2 aliphatic heterocycles. The van der Waals surface area contributed by atoms with Crippen molar-refractivity contribution in [2.75, 3.05) is 27.2 Å². The summed E-state index contributed by atoms with van der Waals surface area (Å²) in [4.78, 5) is 116. The molecular formula is C62H82N10O8. The van der Waals surface area contributed by atoms with Crippen LogP contribution in [0.2, 0.25) is 0 Å². The maximum Gasteiger partial charge on any atom is 0.251 e. The Kier molecular flexibility index (Phi) is 18.2. The monoisotopic (exact) mass is 1090 g/mol. The van der Waals surface area contributed by atoms with Gasteiger partial charge in [0.25, 0.3) is 11.8 Å². The molecule has 2 heterocycles. The summed E-state index contributed by atoms with van der Waals surface area (Å²) < 4.78 is 0. The molecule has 2 fully saturated rings. The number of likely N-dealkylation sites (N-methyl/N-ethyl adjacent to an activating group) is 2. The van der Waals surface area contributed by atoms with Crippen molar-refractivity contribution in [3.63, 3.8) is 0 Å². The van der Waals surface area contributed by atoms with Crippen molar-refractivity contribution >= 4 is 58.0 Å². The molecule has 18 heteroatoms. The van der Waals surface area contributed by atoms with Crippen molar-refractivity contribution in [3.8, 4) is 0 Å². The van der Waals surface area contributed by atoms with Crippen LogP contribution in [-0.2, 0) is 41.6 Å². The third-order valence-corrected chi connectivity index (χ3v) is 16.6. The number of aryl methyl sites for hydroxylation is 2. The molecule has 4 aromatic carbocycles. The number of amides is 8. The van der Waals surface area contributed by atoms with Gasteiger partial charge in [0, 0.05) is 36.3 Å². The van der Waals surface area contributed by atoms with E-state index in [1.54, 1.807) is 64.3 Å². The van der Waals surface area contributed by atoms with Crippen LogP contribution in [0.3, 0.4) is 0 Å². The van der Waals surface area contributed by atoms with E-state index in [-0.39, 0.29) is 61.6 Å². The van der Waals surface area contributed by atoms with E-state index in [9.17, 15) is 38.4 Å². The average Bonchev–Trinajstić information content (AvgIpc) is 4.11. The molecule has 2 saturated heterocycles. The summed E-state index contributed by atoms with van der Waals surface area (Å²) in [5.74, 6) is -3.02. The summed E-state index contributed by atoms with van der Waals surface area (Å²) >= 11 is 0. The molecule has 8 amide bonds. The predicted octanol–water partition coefficient (Wildman–Crippen LogP) is 4.90. The molecule has 0 radical (unpaired) electrons. The van der Waals surface area contributed by atoms with Crippen LogP contribution in [0.1, 0.15) is 149 Å². The summed E-state index contributed by atoms with van der Waals surface area (Å²) in [6.07, 6.45) is 5.43. The van der Waals surface area contributed by atoms with Gasteiger partial charge in [-0.2, -0.15) is 0 Å². The Morgan fingerprint density at radius 3 is 1.25 bits per heavy atom. The number of hydrogen-bond acceptors (Lipinski definition) is 10. The van der Waals surface area contributed by atoms with Gasteiger partial charge in [0.2, 0.25) is 35.4 Å². The van der Waals surface area contributed by atoms with E-state index in [4.69, 9.17) is 0 Å². The molecule has 0 bridgehead atoms. The first-order chi connectivity index (χ1) is 37.9. The van der Waals surface area contributed by atoms with Crippen LogP contribution in [0, 0.1) is 10.8 Å². The first-order valence-electron chi connectivity index (χ1n) is 28.4. The van der Waals surface area contributed by atoms with Gasteiger partial charge in [0.15, 0.2) is 0 Å². The Labute approximate surface area is 470 Å². The lowest BCUT2D eigenvalue weighted by Gasteiger charge is -2.36. The summed E-state index contributed by atoms with van der Waals surface area (Å²) in [6.45, 7) is 14.7. The van der Waals surface area contributed by atoms with Gasteiger partial charge in [-0.25, -0.2) is 0 Å². The van der Waals surface area contributed by atoms with Crippen molar-refractivity contribution < 1.29 is 38.4 Å². The second-order valence-electron chi connectivity index (χ2n) is 24.5. The zero-order chi connectivity index (χ0) is 57.8. The molecule has 10 atom stereocenters. The van der Waals surface area contributed by atoms with Gasteiger partial charge in [-0.3, -0.25) is 38.4 Å². The first kappa shape index (κ1) is 59.0. The quantitative estimate of drug-likeness (QED) is 0.0755. The average molecular weight is 1100 g/mol. The lowest BCUT2D eigenvalue weighted by atomic mass is 9.85. The van der Waals surface area contributed by atoms with Crippen molar-refractivity contribution in [3.05, 3.63) is 118 Å². The van der Waals surface area contributed by atoms with E-state index in [1.807, 2.05) is 77.9 Å². The summed E-state index contributed by atoms with van der Waals surface area (Å²) in [7, 11) is 3.33. The molecule has 0 aromatic heterocycles. The SMILES string of the molecule is CN[C@@H](C)C(=O)N[C@H](C(=O)N1C[C@@H](NC(=O)c2ccc3cc(C(=O)N[C@H]4C[C@@H](C(=O)N[C@@H]5CCCc6ccccc65)N(C(=O)[C@@H](NC(=O)[C@H](C)NC)C(C)(C)C)C4)ccc3c2)C[C@H]1C(=O)N[C@@H]1CCCc2ccccc21)C(C)(C)C. The highest BCUT2D eigenvalue weighted by Crippen LogP contribution is 2.34. The van der Waals surface area contributed by atoms with Gasteiger partial charge >= 0.3 is 0 Å². The number of nitrogens with one attached hydrogen (secondary N) is 8. The lowest BCUT2D eigenvalue weighted by Crippen LogP contribution is -2.59. The fourth-order valence-electron chi connectivity index (χ4n) is 11.7. The molecule has 4 aliphatic rings. The van der Waals surface area contributed by atoms with Crippen LogP contribution in [0.4, 0.5) is 0 Å². The highest BCUT2D eigenvalue weighted by molar-refractivity contribution is 6.03. The Bertz CT molecular complexity index is 2800. The highest BCUT2D eigenvalue weighted by atomic mass is 16.2. The lowest BCUT2D eigenvalue weighted by molar-refractivity contribution is -0.144. The molecule has 8 N–H and O–H groups in total. The van der Waals surface area contributed by atoms with Crippen molar-refractivity contribution in [2.45, 2.75) is 167 Å². The van der Waals surface area contributed by atoms with Crippen LogP contribution in [-0.4, -0.2) is 133 Å². The zero-order valence-corrected chi connectivity index (χ0v) is 48.1. The maximum atomic E-state index is 14.7. The van der Waals surface area contributed by atoms with E-state index in [0.29, 0.717) is 21.9 Å². The number of carbonyl (C=O) groups excluding carboxylic acids is 8. The topological polar surface area (TPSA) is 239 Å². The van der Waals surface area contributed by atoms with Crippen molar-refractivity contribution in [1.82, 2.24) is 52.3 Å². The fourth-order valence-corrected chi connectivity index (χ4v) is 11.7. The summed E-state index contributed by atoms with van der Waals surface area (Å²) in [5, 5.41) is 25.7. The normalized spacial score (nSPS) is 22.4. The molecule has 4 aromatic rings. The number of hydrogen-bond donors (Lipinski definition) is 8. The molecule has 428 valence electrons. The van der Waals surface area contributed by atoms with Crippen LogP contribution in [0.5, 0.6) is 0 Å². The second kappa shape index (κ2) is 24.7. The molecule has 0 unspecified atom stereocenters. The number of fused-ring (bicyclic) bond motifs is 3. The minimum absolute atomic E-state index is 0.0388. The van der Waals surface area contributed by atoms with Crippen molar-refractivity contribution in [2.24, 2.45) is 10.8 Å². The van der Waals surface area contributed by atoms with E-state index in [1.165, 1.54) is 20.9 Å². The highest BCUT2D eigenvalue weighted by Gasteiger charge is 2.48. The first-order valence-corrected chi connectivity index (χ1v) is 28.4. The third-order valence-electron chi connectivity index (χ3n) is 16.6. The number of rotatable bonds is 16. The van der Waals surface area contributed by atoms with E-state index < -0.39 is 82.8 Å². The number of carbonyl (C=O) groups is 8. The Morgan fingerprint density at radius 2 is 0.887 bits per heavy atom. The van der Waals surface area contributed by atoms with E-state index in [2.05, 4.69) is 54.7 Å². The standard InChI is InChI=1S/C62H82N10O8/c1-35(63-9)53(73)69-51(61(3,4)5)59(79)71-33-43(31-49(71)57(77)67-47-23-15-19-37-17-11-13-21-45(37)47)65-55(75)41-27-25-40-30-42(28-26-39(40)29-41)56(76)66-44-32-50(58(78)68-48-24-16-20-38-18-12-14-22-46(38)48)72(34-44)60(80)52(62(6,7)8)70-54(74)36(2)64-10/h11-14,17-18,21-22,25-30,35-36,43-44,47-52,63-64H,15-16,19-20,23-24,31-34H2,1-10H3,(H,65,75)(H,66,76)(H,67,77)(H,68,78)(H,69,73)(H,70,74)/t35-,36-,43-,44-,47+,48+,49-,50-,51+,52+/m0/s1. The zero-order valence-electron chi connectivity index (χ0n) is 48.1. The smallest absolute Gasteiger partial charge is 0.251 e. The van der Waals surface area contributed by atoms with Gasteiger partial charge in [-0.15, -0.1) is 0 Å². The maximum absolute atomic E-state index is 14.7. The molecule has 8 rings (SSSR count). The van der Waals surface area contributed by atoms with Gasteiger partial charge in [0.1, 0.15) is 24.2 Å². The molecule has 2 aliphatic carbocycles. The Balaban J connectivity index is 0.976. The summed E-state index contributed by atoms with van der Waals surface area (Å²) in [6, 6.07) is 19.7. The van der Waals surface area contributed by atoms with Gasteiger partial charge < -0.3 is 52.3 Å².